The van der Waals surface area contributed by atoms with Crippen molar-refractivity contribution in [1.82, 2.24) is 9.97 Å². The van der Waals surface area contributed by atoms with Crippen molar-refractivity contribution in [2.75, 3.05) is 36.1 Å². The molecule has 1 atom stereocenters. The number of nitrogens with zero attached hydrogens (tertiary/aromatic N) is 3. The van der Waals surface area contributed by atoms with Crippen molar-refractivity contribution in [3.8, 4) is 0 Å². The lowest BCUT2D eigenvalue weighted by atomic mass is 10.0. The summed E-state index contributed by atoms with van der Waals surface area (Å²) in [7, 11) is 0. The summed E-state index contributed by atoms with van der Waals surface area (Å²) < 4.78 is 5.79. The number of aryl methyl sites for hydroxylation is 2. The molecule has 6 nitrogen and oxygen atoms in total. The fraction of sp³-hybridized carbons (Fsp3) is 0.412. The molecule has 4 N–H and O–H groups in total. The fourth-order valence-corrected chi connectivity index (χ4v) is 3.30. The molecule has 0 radical (unpaired) electrons. The third-order valence-electron chi connectivity index (χ3n) is 4.24. The predicted octanol–water partition coefficient (Wildman–Crippen LogP) is 2.88. The summed E-state index contributed by atoms with van der Waals surface area (Å²) in [6, 6.07) is 5.72. The van der Waals surface area contributed by atoms with Gasteiger partial charge in [-0.15, -0.1) is 0 Å². The lowest BCUT2D eigenvalue weighted by molar-refractivity contribution is 0.134. The van der Waals surface area contributed by atoms with Crippen LogP contribution >= 0.6 is 11.6 Å². The van der Waals surface area contributed by atoms with Crippen LogP contribution in [0.1, 0.15) is 29.3 Å². The number of nitrogens with two attached hydrogens (primary N) is 2. The standard InChI is InChI=1S/C17H22ClN5O/c1-10-6-12(13(18)8-14(10)19)15-9-24-5-3-4-23(15)16-7-11(2)21-17(20)22-16/h6-8,15H,3-5,9,19H2,1-2H3,(H2,20,21,22)/t15-/m0/s1. The molecular weight excluding hydrogens is 326 g/mol. The normalized spacial score (nSPS) is 18.5. The van der Waals surface area contributed by atoms with E-state index >= 15 is 0 Å². The van der Waals surface area contributed by atoms with Crippen LogP contribution in [0.3, 0.4) is 0 Å². The highest BCUT2D eigenvalue weighted by atomic mass is 35.5. The summed E-state index contributed by atoms with van der Waals surface area (Å²) in [5.41, 5.74) is 15.3. The zero-order chi connectivity index (χ0) is 17.3. The Morgan fingerprint density at radius 1 is 1.21 bits per heavy atom. The van der Waals surface area contributed by atoms with Crippen molar-refractivity contribution in [1.29, 1.82) is 0 Å². The quantitative estimate of drug-likeness (QED) is 0.812. The van der Waals surface area contributed by atoms with Gasteiger partial charge in [0, 0.05) is 35.6 Å². The van der Waals surface area contributed by atoms with E-state index in [1.165, 1.54) is 0 Å². The van der Waals surface area contributed by atoms with E-state index in [9.17, 15) is 0 Å². The Balaban J connectivity index is 2.06. The number of ether oxygens (including phenoxy) is 1. The zero-order valence-electron chi connectivity index (χ0n) is 13.9. The Labute approximate surface area is 146 Å². The number of nitrogen functional groups attached to an aromatic ring is 2. The van der Waals surface area contributed by atoms with Crippen molar-refractivity contribution >= 4 is 29.1 Å². The van der Waals surface area contributed by atoms with Gasteiger partial charge in [0.2, 0.25) is 5.95 Å². The Bertz CT molecular complexity index is 732. The minimum atomic E-state index is -0.0481. The molecule has 2 heterocycles. The molecule has 0 amide bonds. The lowest BCUT2D eigenvalue weighted by Crippen LogP contribution is -2.32. The summed E-state index contributed by atoms with van der Waals surface area (Å²) in [4.78, 5) is 10.8. The molecule has 1 aliphatic rings. The van der Waals surface area contributed by atoms with E-state index in [2.05, 4.69) is 14.9 Å². The van der Waals surface area contributed by atoms with Crippen molar-refractivity contribution in [3.05, 3.63) is 40.0 Å². The molecule has 1 aromatic heterocycles. The molecule has 1 saturated heterocycles. The van der Waals surface area contributed by atoms with Crippen LogP contribution in [0.4, 0.5) is 17.5 Å². The molecule has 3 rings (SSSR count). The summed E-state index contributed by atoms with van der Waals surface area (Å²) in [5, 5.41) is 0.636. The van der Waals surface area contributed by atoms with Gasteiger partial charge < -0.3 is 21.1 Å². The first-order chi connectivity index (χ1) is 11.5. The summed E-state index contributed by atoms with van der Waals surface area (Å²) in [6.45, 7) is 5.93. The average Bonchev–Trinajstić information content (AvgIpc) is 2.75. The number of halogens is 1. The molecule has 0 bridgehead atoms. The third kappa shape index (κ3) is 3.39. The largest absolute Gasteiger partial charge is 0.398 e. The first-order valence-electron chi connectivity index (χ1n) is 7.97. The highest BCUT2D eigenvalue weighted by Crippen LogP contribution is 2.35. The molecule has 128 valence electrons. The van der Waals surface area contributed by atoms with Crippen LogP contribution in [0.2, 0.25) is 5.02 Å². The van der Waals surface area contributed by atoms with Crippen LogP contribution in [0, 0.1) is 13.8 Å². The molecule has 0 unspecified atom stereocenters. The second-order valence-corrected chi connectivity index (χ2v) is 6.50. The van der Waals surface area contributed by atoms with Gasteiger partial charge in [-0.25, -0.2) is 4.98 Å². The zero-order valence-corrected chi connectivity index (χ0v) is 14.7. The fourth-order valence-electron chi connectivity index (χ4n) is 3.01. The van der Waals surface area contributed by atoms with Crippen molar-refractivity contribution < 1.29 is 4.74 Å². The predicted molar refractivity (Wildman–Crippen MR) is 97.3 cm³/mol. The molecule has 1 fully saturated rings. The van der Waals surface area contributed by atoms with E-state index in [1.54, 1.807) is 6.07 Å². The topological polar surface area (TPSA) is 90.3 Å². The maximum absolute atomic E-state index is 6.48. The number of anilines is 3. The average molecular weight is 348 g/mol. The number of hydrogen-bond acceptors (Lipinski definition) is 6. The third-order valence-corrected chi connectivity index (χ3v) is 4.56. The van der Waals surface area contributed by atoms with Crippen LogP contribution in [0.15, 0.2) is 18.2 Å². The Morgan fingerprint density at radius 2 is 2.00 bits per heavy atom. The summed E-state index contributed by atoms with van der Waals surface area (Å²) in [5.74, 6) is 1.06. The number of hydrogen-bond donors (Lipinski definition) is 2. The van der Waals surface area contributed by atoms with E-state index < -0.39 is 0 Å². The number of benzene rings is 1. The highest BCUT2D eigenvalue weighted by Gasteiger charge is 2.27. The van der Waals surface area contributed by atoms with Gasteiger partial charge in [-0.05, 0) is 37.5 Å². The van der Waals surface area contributed by atoms with Gasteiger partial charge in [-0.1, -0.05) is 17.7 Å². The number of aromatic nitrogens is 2. The highest BCUT2D eigenvalue weighted by molar-refractivity contribution is 6.31. The summed E-state index contributed by atoms with van der Waals surface area (Å²) in [6.07, 6.45) is 0.908. The van der Waals surface area contributed by atoms with E-state index in [4.69, 9.17) is 27.8 Å². The van der Waals surface area contributed by atoms with Crippen molar-refractivity contribution in [3.63, 3.8) is 0 Å². The summed E-state index contributed by atoms with van der Waals surface area (Å²) >= 11 is 6.48. The van der Waals surface area contributed by atoms with Gasteiger partial charge in [0.1, 0.15) is 5.82 Å². The van der Waals surface area contributed by atoms with Crippen molar-refractivity contribution in [2.45, 2.75) is 26.3 Å². The first-order valence-corrected chi connectivity index (χ1v) is 8.34. The Morgan fingerprint density at radius 3 is 2.75 bits per heavy atom. The van der Waals surface area contributed by atoms with Crippen LogP contribution in [0.25, 0.3) is 0 Å². The lowest BCUT2D eigenvalue weighted by Gasteiger charge is -2.31. The van der Waals surface area contributed by atoms with Gasteiger partial charge in [-0.2, -0.15) is 4.98 Å². The van der Waals surface area contributed by atoms with Crippen LogP contribution in [-0.2, 0) is 4.74 Å². The molecule has 0 spiro atoms. The Hall–Kier alpha value is -2.05. The van der Waals surface area contributed by atoms with E-state index in [0.29, 0.717) is 23.9 Å². The van der Waals surface area contributed by atoms with E-state index in [1.807, 2.05) is 26.0 Å². The van der Waals surface area contributed by atoms with E-state index in [0.717, 1.165) is 35.6 Å². The van der Waals surface area contributed by atoms with Gasteiger partial charge >= 0.3 is 0 Å². The maximum Gasteiger partial charge on any atom is 0.222 e. The molecule has 1 aromatic carbocycles. The number of rotatable bonds is 2. The van der Waals surface area contributed by atoms with Crippen LogP contribution < -0.4 is 16.4 Å². The minimum absolute atomic E-state index is 0.0481. The van der Waals surface area contributed by atoms with Gasteiger partial charge in [0.05, 0.1) is 12.6 Å². The molecule has 0 aliphatic carbocycles. The van der Waals surface area contributed by atoms with Gasteiger partial charge in [0.25, 0.3) is 0 Å². The molecule has 0 saturated carbocycles. The van der Waals surface area contributed by atoms with Gasteiger partial charge in [0.15, 0.2) is 0 Å². The van der Waals surface area contributed by atoms with Crippen LogP contribution in [-0.4, -0.2) is 29.7 Å². The molecule has 24 heavy (non-hydrogen) atoms. The molecule has 7 heteroatoms. The Kier molecular flexibility index (Phi) is 4.78. The molecule has 2 aromatic rings. The molecule has 1 aliphatic heterocycles. The second-order valence-electron chi connectivity index (χ2n) is 6.09. The maximum atomic E-state index is 6.48. The first kappa shape index (κ1) is 16.8. The smallest absolute Gasteiger partial charge is 0.222 e. The van der Waals surface area contributed by atoms with Gasteiger partial charge in [-0.3, -0.25) is 0 Å². The van der Waals surface area contributed by atoms with E-state index in [-0.39, 0.29) is 12.0 Å². The minimum Gasteiger partial charge on any atom is -0.398 e. The second kappa shape index (κ2) is 6.83. The van der Waals surface area contributed by atoms with Crippen molar-refractivity contribution in [2.24, 2.45) is 0 Å². The SMILES string of the molecule is Cc1cc(N2CCCOC[C@H]2c2cc(C)c(N)cc2Cl)nc(N)n1. The monoisotopic (exact) mass is 347 g/mol. The molecular formula is C17H22ClN5O. The van der Waals surface area contributed by atoms with Crippen LogP contribution in [0.5, 0.6) is 0 Å².